The van der Waals surface area contributed by atoms with Crippen LogP contribution >= 0.6 is 11.3 Å². The van der Waals surface area contributed by atoms with Gasteiger partial charge in [0.25, 0.3) is 5.91 Å². The quantitative estimate of drug-likeness (QED) is 0.676. The molecule has 4 nitrogen and oxygen atoms in total. The molecule has 3 aromatic rings. The number of benzene rings is 2. The molecule has 2 aliphatic heterocycles. The van der Waals surface area contributed by atoms with E-state index in [0.29, 0.717) is 0 Å². The lowest BCUT2D eigenvalue weighted by molar-refractivity contribution is 0.0942. The van der Waals surface area contributed by atoms with E-state index in [9.17, 15) is 4.79 Å². The zero-order valence-electron chi connectivity index (χ0n) is 16.1. The van der Waals surface area contributed by atoms with E-state index < -0.39 is 0 Å². The van der Waals surface area contributed by atoms with Gasteiger partial charge in [-0.3, -0.25) is 9.69 Å². The minimum Gasteiger partial charge on any atom is -0.353 e. The molecule has 2 N–H and O–H groups in total. The number of amides is 1. The summed E-state index contributed by atoms with van der Waals surface area (Å²) in [5, 5.41) is 7.59. The summed E-state index contributed by atoms with van der Waals surface area (Å²) in [6.45, 7) is 2.84. The Kier molecular flexibility index (Phi) is 4.92. The van der Waals surface area contributed by atoms with Gasteiger partial charge in [0.1, 0.15) is 11.2 Å². The fourth-order valence-corrected chi connectivity index (χ4v) is 5.36. The molecule has 0 aliphatic carbocycles. The molecule has 1 aromatic heterocycles. The Labute approximate surface area is 174 Å². The lowest BCUT2D eigenvalue weighted by Crippen LogP contribution is -2.43. The van der Waals surface area contributed by atoms with Gasteiger partial charge in [0.05, 0.1) is 5.56 Å². The van der Waals surface area contributed by atoms with Crippen molar-refractivity contribution in [1.82, 2.24) is 10.2 Å². The van der Waals surface area contributed by atoms with Crippen LogP contribution in [0.3, 0.4) is 0 Å². The van der Waals surface area contributed by atoms with Crippen molar-refractivity contribution in [2.75, 3.05) is 11.9 Å². The highest BCUT2D eigenvalue weighted by atomic mass is 32.1. The molecule has 29 heavy (non-hydrogen) atoms. The van der Waals surface area contributed by atoms with E-state index in [1.54, 1.807) is 11.3 Å². The molecule has 0 radical (unpaired) electrons. The van der Waals surface area contributed by atoms with Gasteiger partial charge >= 0.3 is 0 Å². The highest BCUT2D eigenvalue weighted by molar-refractivity contribution is 7.16. The topological polar surface area (TPSA) is 44.4 Å². The normalized spacial score (nSPS) is 18.8. The minimum atomic E-state index is -0.185. The molecular weight excluding hydrogens is 378 g/mol. The zero-order chi connectivity index (χ0) is 19.6. The second kappa shape index (κ2) is 7.85. The van der Waals surface area contributed by atoms with Crippen LogP contribution in [-0.4, -0.2) is 23.5 Å². The molecule has 1 unspecified atom stereocenters. The third kappa shape index (κ3) is 3.84. The second-order valence-corrected chi connectivity index (χ2v) is 8.62. The number of rotatable bonds is 4. The average molecular weight is 402 g/mol. The summed E-state index contributed by atoms with van der Waals surface area (Å²) in [7, 11) is 0. The van der Waals surface area contributed by atoms with Gasteiger partial charge in [0.2, 0.25) is 0 Å². The van der Waals surface area contributed by atoms with E-state index >= 15 is 0 Å². The molecule has 1 atom stereocenters. The number of hydrogen-bond acceptors (Lipinski definition) is 4. The summed E-state index contributed by atoms with van der Waals surface area (Å²) in [6.07, 6.45) is 4.79. The molecule has 1 amide bonds. The summed E-state index contributed by atoms with van der Waals surface area (Å²) in [6, 6.07) is 20.7. The van der Waals surface area contributed by atoms with Crippen molar-refractivity contribution in [2.24, 2.45) is 0 Å². The lowest BCUT2D eigenvalue weighted by atomic mass is 10.0. The van der Waals surface area contributed by atoms with Crippen LogP contribution in [0, 0.1) is 0 Å². The molecule has 5 rings (SSSR count). The van der Waals surface area contributed by atoms with Crippen molar-refractivity contribution < 1.29 is 4.79 Å². The van der Waals surface area contributed by atoms with E-state index in [1.165, 1.54) is 16.0 Å². The van der Waals surface area contributed by atoms with Crippen molar-refractivity contribution in [3.8, 4) is 0 Å². The Hall–Kier alpha value is -2.89. The van der Waals surface area contributed by atoms with Crippen LogP contribution in [0.25, 0.3) is 6.08 Å². The van der Waals surface area contributed by atoms with Gasteiger partial charge in [-0.15, -0.1) is 11.3 Å². The largest absolute Gasteiger partial charge is 0.353 e. The minimum absolute atomic E-state index is 0.0375. The Morgan fingerprint density at radius 1 is 1.03 bits per heavy atom. The Morgan fingerprint density at radius 3 is 2.59 bits per heavy atom. The number of nitrogens with one attached hydrogen (secondary N) is 2. The van der Waals surface area contributed by atoms with Gasteiger partial charge in [-0.2, -0.15) is 0 Å². The number of thiophene rings is 1. The van der Waals surface area contributed by atoms with Gasteiger partial charge in [-0.1, -0.05) is 66.7 Å². The molecule has 3 heterocycles. The van der Waals surface area contributed by atoms with Gasteiger partial charge in [0.15, 0.2) is 0 Å². The Balaban J connectivity index is 1.32. The van der Waals surface area contributed by atoms with E-state index in [2.05, 4.69) is 58.0 Å². The molecule has 5 heteroatoms. The summed E-state index contributed by atoms with van der Waals surface area (Å²) < 4.78 is 0. The molecule has 0 spiro atoms. The molecular formula is C24H23N3OS. The molecule has 0 fully saturated rings. The molecule has 146 valence electrons. The van der Waals surface area contributed by atoms with E-state index in [4.69, 9.17) is 0 Å². The first kappa shape index (κ1) is 18.2. The third-order valence-corrected chi connectivity index (χ3v) is 6.61. The van der Waals surface area contributed by atoms with Crippen molar-refractivity contribution in [1.29, 1.82) is 0 Å². The fourth-order valence-electron chi connectivity index (χ4n) is 4.03. The van der Waals surface area contributed by atoms with E-state index in [-0.39, 0.29) is 12.1 Å². The van der Waals surface area contributed by atoms with Gasteiger partial charge < -0.3 is 10.6 Å². The zero-order valence-corrected chi connectivity index (χ0v) is 16.9. The average Bonchev–Trinajstić information content (AvgIpc) is 3.12. The predicted octanol–water partition coefficient (Wildman–Crippen LogP) is 4.50. The Morgan fingerprint density at radius 2 is 1.79 bits per heavy atom. The number of anilines is 1. The highest BCUT2D eigenvalue weighted by Crippen LogP contribution is 2.39. The van der Waals surface area contributed by atoms with Crippen molar-refractivity contribution in [3.05, 3.63) is 93.9 Å². The summed E-state index contributed by atoms with van der Waals surface area (Å²) in [4.78, 5) is 16.6. The Bertz CT molecular complexity index is 1040. The maximum Gasteiger partial charge on any atom is 0.256 e. The molecule has 0 saturated heterocycles. The highest BCUT2D eigenvalue weighted by Gasteiger charge is 2.32. The van der Waals surface area contributed by atoms with Crippen LogP contribution in [0.4, 0.5) is 5.00 Å². The number of hydrogen-bond donors (Lipinski definition) is 2. The summed E-state index contributed by atoms with van der Waals surface area (Å²) >= 11 is 1.73. The molecule has 0 saturated carbocycles. The van der Waals surface area contributed by atoms with Crippen LogP contribution in [0.2, 0.25) is 0 Å². The number of carbonyl (C=O) groups is 1. The third-order valence-electron chi connectivity index (χ3n) is 5.47. The number of fused-ring (bicyclic) bond motifs is 3. The second-order valence-electron chi connectivity index (χ2n) is 7.52. The van der Waals surface area contributed by atoms with Crippen LogP contribution < -0.4 is 10.6 Å². The van der Waals surface area contributed by atoms with Gasteiger partial charge in [-0.05, 0) is 29.2 Å². The smallest absolute Gasteiger partial charge is 0.256 e. The number of carbonyl (C=O) groups excluding carboxylic acids is 1. The van der Waals surface area contributed by atoms with Crippen LogP contribution in [0.5, 0.6) is 0 Å². The SMILES string of the molecule is O=C1NC(C=Cc2ccccc2)Nc2sc3c(c21)CCN(Cc1ccccc1)C3. The van der Waals surface area contributed by atoms with E-state index in [1.807, 2.05) is 30.4 Å². The van der Waals surface area contributed by atoms with Crippen LogP contribution in [0.15, 0.2) is 66.7 Å². The predicted molar refractivity (Wildman–Crippen MR) is 119 cm³/mol. The standard InChI is InChI=1S/C24H23N3OS/c28-23-22-19-13-14-27(15-18-9-5-2-6-10-18)16-20(19)29-24(22)26-21(25-23)12-11-17-7-3-1-4-8-17/h1-12,21,26H,13-16H2,(H,25,28). The number of nitrogens with zero attached hydrogens (tertiary/aromatic N) is 1. The lowest BCUT2D eigenvalue weighted by Gasteiger charge is -2.28. The maximum absolute atomic E-state index is 12.8. The molecule has 2 aliphatic rings. The monoisotopic (exact) mass is 401 g/mol. The maximum atomic E-state index is 12.8. The van der Waals surface area contributed by atoms with Crippen LogP contribution in [0.1, 0.15) is 31.9 Å². The first-order valence-corrected chi connectivity index (χ1v) is 10.8. The van der Waals surface area contributed by atoms with E-state index in [0.717, 1.165) is 42.2 Å². The first-order valence-electron chi connectivity index (χ1n) is 9.98. The first-order chi connectivity index (χ1) is 14.3. The molecule has 2 aromatic carbocycles. The fraction of sp³-hybridized carbons (Fsp3) is 0.208. The molecule has 0 bridgehead atoms. The summed E-state index contributed by atoms with van der Waals surface area (Å²) in [5.41, 5.74) is 4.54. The van der Waals surface area contributed by atoms with Crippen molar-refractivity contribution in [3.63, 3.8) is 0 Å². The van der Waals surface area contributed by atoms with Crippen LogP contribution in [-0.2, 0) is 19.5 Å². The summed E-state index contributed by atoms with van der Waals surface area (Å²) in [5.74, 6) is 0.0375. The van der Waals surface area contributed by atoms with Gasteiger partial charge in [-0.25, -0.2) is 0 Å². The van der Waals surface area contributed by atoms with Gasteiger partial charge in [0, 0.05) is 24.5 Å². The van der Waals surface area contributed by atoms with Crippen molar-refractivity contribution in [2.45, 2.75) is 25.7 Å². The van der Waals surface area contributed by atoms with Crippen molar-refractivity contribution >= 4 is 28.3 Å².